The maximum absolute atomic E-state index is 11.2. The largest absolute Gasteiger partial charge is 0.368 e. The first kappa shape index (κ1) is 13.8. The van der Waals surface area contributed by atoms with Crippen LogP contribution >= 0.6 is 0 Å². The minimum atomic E-state index is -0.858. The summed E-state index contributed by atoms with van der Waals surface area (Å²) in [6, 6.07) is 0. The summed E-state index contributed by atoms with van der Waals surface area (Å²) in [5.74, 6) is 1.44. The van der Waals surface area contributed by atoms with Crippen molar-refractivity contribution in [2.75, 3.05) is 19.6 Å². The Morgan fingerprint density at radius 1 is 1.28 bits per heavy atom. The zero-order valence-corrected chi connectivity index (χ0v) is 11.5. The fraction of sp³-hybridized carbons (Fsp3) is 0.929. The summed E-state index contributed by atoms with van der Waals surface area (Å²) in [5, 5.41) is 0. The predicted molar refractivity (Wildman–Crippen MR) is 72.9 cm³/mol. The molecule has 2 fully saturated rings. The molecule has 0 aromatic rings. The van der Waals surface area contributed by atoms with Crippen LogP contribution in [-0.2, 0) is 4.79 Å². The van der Waals surface area contributed by atoms with Crippen molar-refractivity contribution < 1.29 is 4.79 Å². The van der Waals surface area contributed by atoms with E-state index in [1.165, 1.54) is 38.6 Å². The third kappa shape index (κ3) is 3.23. The highest BCUT2D eigenvalue weighted by Gasteiger charge is 2.32. The third-order valence-corrected chi connectivity index (χ3v) is 4.89. The van der Waals surface area contributed by atoms with Crippen molar-refractivity contribution >= 4 is 5.91 Å². The summed E-state index contributed by atoms with van der Waals surface area (Å²) >= 11 is 0. The number of fused-ring (bicyclic) bond motifs is 1. The van der Waals surface area contributed by atoms with Gasteiger partial charge in [0.15, 0.2) is 0 Å². The molecule has 1 heterocycles. The summed E-state index contributed by atoms with van der Waals surface area (Å²) in [6.45, 7) is 5.00. The molecule has 4 nitrogen and oxygen atoms in total. The molecule has 4 N–H and O–H groups in total. The lowest BCUT2D eigenvalue weighted by atomic mass is 9.75. The molecule has 4 heteroatoms. The van der Waals surface area contributed by atoms with Crippen molar-refractivity contribution in [3.05, 3.63) is 0 Å². The van der Waals surface area contributed by atoms with Crippen LogP contribution in [0, 0.1) is 11.8 Å². The van der Waals surface area contributed by atoms with Crippen LogP contribution in [0.1, 0.15) is 45.4 Å². The van der Waals surface area contributed by atoms with E-state index >= 15 is 0 Å². The molecular weight excluding hydrogens is 226 g/mol. The number of piperidine rings is 1. The lowest BCUT2D eigenvalue weighted by Crippen LogP contribution is -2.52. The summed E-state index contributed by atoms with van der Waals surface area (Å²) < 4.78 is 0. The number of rotatable bonds is 4. The smallest absolute Gasteiger partial charge is 0.237 e. The molecule has 0 bridgehead atoms. The highest BCUT2D eigenvalue weighted by Crippen LogP contribution is 2.36. The normalized spacial score (nSPS) is 32.6. The van der Waals surface area contributed by atoms with Crippen molar-refractivity contribution in [3.8, 4) is 0 Å². The van der Waals surface area contributed by atoms with Gasteiger partial charge in [-0.05, 0) is 44.6 Å². The lowest BCUT2D eigenvalue weighted by molar-refractivity contribution is -0.123. The van der Waals surface area contributed by atoms with Gasteiger partial charge in [0.05, 0.1) is 5.54 Å². The fourth-order valence-electron chi connectivity index (χ4n) is 3.39. The molecule has 1 aliphatic carbocycles. The molecule has 1 saturated heterocycles. The van der Waals surface area contributed by atoms with Gasteiger partial charge in [-0.25, -0.2) is 0 Å². The zero-order chi connectivity index (χ0) is 13.2. The molecular formula is C14H27N3O. The van der Waals surface area contributed by atoms with Gasteiger partial charge in [0.25, 0.3) is 0 Å². The highest BCUT2D eigenvalue weighted by molar-refractivity contribution is 5.83. The maximum Gasteiger partial charge on any atom is 0.237 e. The quantitative estimate of drug-likeness (QED) is 0.788. The monoisotopic (exact) mass is 253 g/mol. The second-order valence-electron chi connectivity index (χ2n) is 6.43. The first-order chi connectivity index (χ1) is 8.49. The minimum absolute atomic E-state index is 0.393. The number of amides is 1. The molecule has 1 saturated carbocycles. The number of carbonyl (C=O) groups excluding carboxylic acids is 1. The number of hydrogen-bond donors (Lipinski definition) is 2. The van der Waals surface area contributed by atoms with Gasteiger partial charge in [0.2, 0.25) is 5.91 Å². The minimum Gasteiger partial charge on any atom is -0.368 e. The summed E-state index contributed by atoms with van der Waals surface area (Å²) in [7, 11) is 0. The van der Waals surface area contributed by atoms with Crippen LogP contribution in [0.3, 0.4) is 0 Å². The molecule has 3 unspecified atom stereocenters. The van der Waals surface area contributed by atoms with E-state index < -0.39 is 11.4 Å². The van der Waals surface area contributed by atoms with Gasteiger partial charge in [-0.15, -0.1) is 0 Å². The average Bonchev–Trinajstić information content (AvgIpc) is 2.36. The van der Waals surface area contributed by atoms with Crippen molar-refractivity contribution in [1.82, 2.24) is 4.90 Å². The number of nitrogens with zero attached hydrogens (tertiary/aromatic N) is 1. The van der Waals surface area contributed by atoms with Gasteiger partial charge in [-0.1, -0.05) is 19.3 Å². The number of hydrogen-bond acceptors (Lipinski definition) is 3. The van der Waals surface area contributed by atoms with Crippen LogP contribution in [0.25, 0.3) is 0 Å². The first-order valence-corrected chi connectivity index (χ1v) is 7.30. The van der Waals surface area contributed by atoms with Crippen LogP contribution in [0.4, 0.5) is 0 Å². The predicted octanol–water partition coefficient (Wildman–Crippen LogP) is 1.09. The zero-order valence-electron chi connectivity index (χ0n) is 11.5. The molecule has 18 heavy (non-hydrogen) atoms. The Kier molecular flexibility index (Phi) is 4.28. The van der Waals surface area contributed by atoms with Crippen LogP contribution in [0.5, 0.6) is 0 Å². The van der Waals surface area contributed by atoms with Gasteiger partial charge in [-0.2, -0.15) is 0 Å². The summed E-state index contributed by atoms with van der Waals surface area (Å²) in [5.41, 5.74) is 10.4. The Labute approximate surface area is 110 Å². The molecule has 0 spiro atoms. The maximum atomic E-state index is 11.2. The third-order valence-electron chi connectivity index (χ3n) is 4.89. The van der Waals surface area contributed by atoms with Gasteiger partial charge in [-0.3, -0.25) is 4.79 Å². The van der Waals surface area contributed by atoms with Gasteiger partial charge < -0.3 is 16.4 Å². The van der Waals surface area contributed by atoms with Gasteiger partial charge in [0.1, 0.15) is 0 Å². The standard InChI is InChI=1S/C14H27N3O/c1-14(16,13(15)18)7-9-17-8-6-11-4-2-3-5-12(11)10-17/h11-12H,2-10,16H2,1H3,(H2,15,18). The topological polar surface area (TPSA) is 72.3 Å². The van der Waals surface area contributed by atoms with E-state index in [1.807, 2.05) is 0 Å². The van der Waals surface area contributed by atoms with E-state index in [2.05, 4.69) is 4.90 Å². The molecule has 3 atom stereocenters. The summed E-state index contributed by atoms with van der Waals surface area (Å²) in [4.78, 5) is 13.7. The fourth-order valence-corrected chi connectivity index (χ4v) is 3.39. The van der Waals surface area contributed by atoms with Crippen molar-refractivity contribution in [3.63, 3.8) is 0 Å². The molecule has 1 aliphatic heterocycles. The van der Waals surface area contributed by atoms with E-state index in [9.17, 15) is 4.79 Å². The van der Waals surface area contributed by atoms with Crippen molar-refractivity contribution in [2.24, 2.45) is 23.3 Å². The van der Waals surface area contributed by atoms with E-state index in [4.69, 9.17) is 11.5 Å². The second kappa shape index (κ2) is 5.57. The second-order valence-corrected chi connectivity index (χ2v) is 6.43. The van der Waals surface area contributed by atoms with E-state index in [1.54, 1.807) is 6.92 Å². The molecule has 0 radical (unpaired) electrons. The molecule has 104 valence electrons. The van der Waals surface area contributed by atoms with Crippen LogP contribution in [-0.4, -0.2) is 36.0 Å². The Balaban J connectivity index is 1.79. The Bertz CT molecular complexity index is 303. The average molecular weight is 253 g/mol. The van der Waals surface area contributed by atoms with Crippen LogP contribution < -0.4 is 11.5 Å². The highest BCUT2D eigenvalue weighted by atomic mass is 16.1. The number of nitrogens with two attached hydrogens (primary N) is 2. The number of primary amides is 1. The van der Waals surface area contributed by atoms with E-state index in [0.29, 0.717) is 6.42 Å². The van der Waals surface area contributed by atoms with E-state index in [0.717, 1.165) is 24.9 Å². The Hall–Kier alpha value is -0.610. The van der Waals surface area contributed by atoms with E-state index in [-0.39, 0.29) is 0 Å². The van der Waals surface area contributed by atoms with Crippen molar-refractivity contribution in [2.45, 2.75) is 51.0 Å². The molecule has 0 aromatic carbocycles. The first-order valence-electron chi connectivity index (χ1n) is 7.30. The van der Waals surface area contributed by atoms with Crippen LogP contribution in [0.15, 0.2) is 0 Å². The number of likely N-dealkylation sites (tertiary alicyclic amines) is 1. The molecule has 0 aromatic heterocycles. The van der Waals surface area contributed by atoms with Gasteiger partial charge in [0, 0.05) is 13.1 Å². The van der Waals surface area contributed by atoms with Crippen LogP contribution in [0.2, 0.25) is 0 Å². The molecule has 2 aliphatic rings. The Morgan fingerprint density at radius 2 is 1.94 bits per heavy atom. The summed E-state index contributed by atoms with van der Waals surface area (Å²) in [6.07, 6.45) is 7.61. The SMILES string of the molecule is CC(N)(CCN1CCC2CCCCC2C1)C(N)=O. The number of carbonyl (C=O) groups is 1. The molecule has 1 amide bonds. The van der Waals surface area contributed by atoms with Crippen molar-refractivity contribution in [1.29, 1.82) is 0 Å². The lowest BCUT2D eigenvalue weighted by Gasteiger charge is -2.42. The van der Waals surface area contributed by atoms with Gasteiger partial charge >= 0.3 is 0 Å². The Morgan fingerprint density at radius 3 is 2.61 bits per heavy atom. The molecule has 2 rings (SSSR count).